The Morgan fingerprint density at radius 1 is 1.14 bits per heavy atom. The van der Waals surface area contributed by atoms with E-state index in [0.717, 1.165) is 51.6 Å². The molecule has 126 valence electrons. The third-order valence-electron chi connectivity index (χ3n) is 4.96. The molecule has 1 unspecified atom stereocenters. The smallest absolute Gasteiger partial charge is 0.315 e. The van der Waals surface area contributed by atoms with E-state index in [1.54, 1.807) is 6.92 Å². The number of hydrogen-bond acceptors (Lipinski definition) is 3. The van der Waals surface area contributed by atoms with Crippen molar-refractivity contribution in [2.24, 2.45) is 11.8 Å². The Kier molecular flexibility index (Phi) is 6.49. The second-order valence-electron chi connectivity index (χ2n) is 6.73. The van der Waals surface area contributed by atoms with E-state index in [1.165, 1.54) is 0 Å². The average molecular weight is 311 g/mol. The fourth-order valence-corrected chi connectivity index (χ4v) is 3.48. The first-order chi connectivity index (χ1) is 10.6. The van der Waals surface area contributed by atoms with Crippen LogP contribution in [0, 0.1) is 11.8 Å². The van der Waals surface area contributed by atoms with Crippen molar-refractivity contribution in [2.75, 3.05) is 26.2 Å². The van der Waals surface area contributed by atoms with Gasteiger partial charge in [-0.05, 0) is 50.4 Å². The molecule has 3 amide bonds. The van der Waals surface area contributed by atoms with Gasteiger partial charge in [0, 0.05) is 39.2 Å². The Hall–Kier alpha value is -1.30. The summed E-state index contributed by atoms with van der Waals surface area (Å²) in [5, 5.41) is 15.1. The number of urea groups is 1. The molecule has 6 nitrogen and oxygen atoms in total. The Morgan fingerprint density at radius 2 is 1.86 bits per heavy atom. The van der Waals surface area contributed by atoms with Gasteiger partial charge >= 0.3 is 6.03 Å². The van der Waals surface area contributed by atoms with Gasteiger partial charge in [0.25, 0.3) is 0 Å². The maximum atomic E-state index is 12.0. The molecule has 0 aromatic carbocycles. The minimum Gasteiger partial charge on any atom is -0.396 e. The molecular formula is C16H29N3O3. The van der Waals surface area contributed by atoms with Gasteiger partial charge < -0.3 is 20.6 Å². The molecule has 3 N–H and O–H groups in total. The first-order valence-corrected chi connectivity index (χ1v) is 8.49. The van der Waals surface area contributed by atoms with E-state index in [-0.39, 0.29) is 24.6 Å². The summed E-state index contributed by atoms with van der Waals surface area (Å²) in [6, 6.07) is 0.121. The zero-order valence-corrected chi connectivity index (χ0v) is 13.5. The number of nitrogens with one attached hydrogen (secondary N) is 2. The fourth-order valence-electron chi connectivity index (χ4n) is 3.48. The Morgan fingerprint density at radius 3 is 2.50 bits per heavy atom. The van der Waals surface area contributed by atoms with Crippen LogP contribution in [0.2, 0.25) is 0 Å². The fraction of sp³-hybridized carbons (Fsp3) is 0.875. The minimum absolute atomic E-state index is 0.104. The standard InChI is InChI=1S/C16H29N3O3/c1-12(21)19-8-2-3-14(10-19)9-17-16(22)18-15-6-4-13(11-20)5-7-15/h13-15,20H,2-11H2,1H3,(H2,17,18,22). The van der Waals surface area contributed by atoms with Gasteiger partial charge in [-0.3, -0.25) is 4.79 Å². The molecule has 1 aliphatic heterocycles. The van der Waals surface area contributed by atoms with E-state index in [4.69, 9.17) is 5.11 Å². The SMILES string of the molecule is CC(=O)N1CCCC(CNC(=O)NC2CCC(CO)CC2)C1. The topological polar surface area (TPSA) is 81.7 Å². The van der Waals surface area contributed by atoms with Crippen LogP contribution in [0.1, 0.15) is 45.4 Å². The predicted octanol–water partition coefficient (Wildman–Crippen LogP) is 1.10. The Labute approximate surface area is 132 Å². The highest BCUT2D eigenvalue weighted by atomic mass is 16.3. The minimum atomic E-state index is -0.104. The summed E-state index contributed by atoms with van der Waals surface area (Å²) in [5.74, 6) is 0.879. The normalized spacial score (nSPS) is 29.0. The monoisotopic (exact) mass is 311 g/mol. The molecule has 1 atom stereocenters. The van der Waals surface area contributed by atoms with Crippen molar-refractivity contribution in [2.45, 2.75) is 51.5 Å². The van der Waals surface area contributed by atoms with Crippen LogP contribution in [0.25, 0.3) is 0 Å². The van der Waals surface area contributed by atoms with Gasteiger partial charge in [0.2, 0.25) is 5.91 Å². The Balaban J connectivity index is 1.64. The number of carbonyl (C=O) groups is 2. The molecule has 0 aromatic heterocycles. The predicted molar refractivity (Wildman–Crippen MR) is 84.3 cm³/mol. The molecule has 1 saturated heterocycles. The molecule has 2 aliphatic rings. The van der Waals surface area contributed by atoms with Crippen molar-refractivity contribution in [3.63, 3.8) is 0 Å². The van der Waals surface area contributed by atoms with Crippen LogP contribution in [0.3, 0.4) is 0 Å². The number of rotatable bonds is 4. The van der Waals surface area contributed by atoms with Crippen LogP contribution >= 0.6 is 0 Å². The molecule has 1 saturated carbocycles. The maximum absolute atomic E-state index is 12.0. The van der Waals surface area contributed by atoms with E-state index in [0.29, 0.717) is 18.4 Å². The highest BCUT2D eigenvalue weighted by molar-refractivity contribution is 5.74. The number of aliphatic hydroxyl groups is 1. The third-order valence-corrected chi connectivity index (χ3v) is 4.96. The summed E-state index contributed by atoms with van der Waals surface area (Å²) >= 11 is 0. The van der Waals surface area contributed by atoms with Crippen LogP contribution in [-0.2, 0) is 4.79 Å². The Bertz CT molecular complexity index is 381. The summed E-state index contributed by atoms with van der Waals surface area (Å²) in [6.45, 7) is 4.07. The molecule has 0 radical (unpaired) electrons. The molecule has 0 spiro atoms. The third kappa shape index (κ3) is 5.16. The number of amides is 3. The van der Waals surface area contributed by atoms with Crippen LogP contribution in [0.4, 0.5) is 4.79 Å². The first-order valence-electron chi connectivity index (χ1n) is 8.49. The second kappa shape index (κ2) is 8.36. The van der Waals surface area contributed by atoms with E-state index in [1.807, 2.05) is 4.90 Å². The van der Waals surface area contributed by atoms with Crippen molar-refractivity contribution >= 4 is 11.9 Å². The summed E-state index contributed by atoms with van der Waals surface area (Å²) in [5.41, 5.74) is 0. The van der Waals surface area contributed by atoms with Crippen molar-refractivity contribution < 1.29 is 14.7 Å². The number of hydrogen-bond donors (Lipinski definition) is 3. The van der Waals surface area contributed by atoms with Crippen LogP contribution in [0.5, 0.6) is 0 Å². The number of piperidine rings is 1. The van der Waals surface area contributed by atoms with Crippen LogP contribution in [-0.4, -0.2) is 54.2 Å². The molecule has 2 fully saturated rings. The second-order valence-corrected chi connectivity index (χ2v) is 6.73. The summed E-state index contributed by atoms with van der Waals surface area (Å²) in [4.78, 5) is 25.2. The maximum Gasteiger partial charge on any atom is 0.315 e. The van der Waals surface area contributed by atoms with Gasteiger partial charge in [-0.1, -0.05) is 0 Å². The van der Waals surface area contributed by atoms with Crippen molar-refractivity contribution in [1.29, 1.82) is 0 Å². The van der Waals surface area contributed by atoms with Gasteiger partial charge in [-0.25, -0.2) is 4.79 Å². The lowest BCUT2D eigenvalue weighted by Gasteiger charge is -2.32. The first kappa shape index (κ1) is 17.1. The molecule has 6 heteroatoms. The van der Waals surface area contributed by atoms with Gasteiger partial charge in [-0.15, -0.1) is 0 Å². The number of carbonyl (C=O) groups excluding carboxylic acids is 2. The van der Waals surface area contributed by atoms with E-state index in [9.17, 15) is 9.59 Å². The molecule has 1 aliphatic carbocycles. The highest BCUT2D eigenvalue weighted by Crippen LogP contribution is 2.23. The van der Waals surface area contributed by atoms with Crippen LogP contribution in [0.15, 0.2) is 0 Å². The zero-order chi connectivity index (χ0) is 15.9. The summed E-state index contributed by atoms with van der Waals surface area (Å²) in [6.07, 6.45) is 5.93. The van der Waals surface area contributed by atoms with Crippen molar-refractivity contribution in [3.05, 3.63) is 0 Å². The summed E-state index contributed by atoms with van der Waals surface area (Å²) < 4.78 is 0. The largest absolute Gasteiger partial charge is 0.396 e. The van der Waals surface area contributed by atoms with E-state index >= 15 is 0 Å². The van der Waals surface area contributed by atoms with Gasteiger partial charge in [0.1, 0.15) is 0 Å². The van der Waals surface area contributed by atoms with Gasteiger partial charge in [0.05, 0.1) is 0 Å². The van der Waals surface area contributed by atoms with E-state index < -0.39 is 0 Å². The number of aliphatic hydroxyl groups excluding tert-OH is 1. The molecule has 22 heavy (non-hydrogen) atoms. The molecule has 0 bridgehead atoms. The lowest BCUT2D eigenvalue weighted by molar-refractivity contribution is -0.130. The number of likely N-dealkylation sites (tertiary alicyclic amines) is 1. The molecular weight excluding hydrogens is 282 g/mol. The van der Waals surface area contributed by atoms with Gasteiger partial charge in [0.15, 0.2) is 0 Å². The molecule has 0 aromatic rings. The zero-order valence-electron chi connectivity index (χ0n) is 13.5. The lowest BCUT2D eigenvalue weighted by atomic mass is 9.87. The van der Waals surface area contributed by atoms with Crippen LogP contribution < -0.4 is 10.6 Å². The molecule has 2 rings (SSSR count). The van der Waals surface area contributed by atoms with E-state index in [2.05, 4.69) is 10.6 Å². The lowest BCUT2D eigenvalue weighted by Crippen LogP contribution is -2.47. The quantitative estimate of drug-likeness (QED) is 0.727. The number of nitrogens with zero attached hydrogens (tertiary/aromatic N) is 1. The average Bonchev–Trinajstić information content (AvgIpc) is 2.54. The van der Waals surface area contributed by atoms with Gasteiger partial charge in [-0.2, -0.15) is 0 Å². The van der Waals surface area contributed by atoms with Crippen molar-refractivity contribution in [1.82, 2.24) is 15.5 Å². The highest BCUT2D eigenvalue weighted by Gasteiger charge is 2.24. The molecule has 1 heterocycles. The van der Waals surface area contributed by atoms with Crippen molar-refractivity contribution in [3.8, 4) is 0 Å². The summed E-state index contributed by atoms with van der Waals surface area (Å²) in [7, 11) is 0.